The maximum atomic E-state index is 14.9. The highest BCUT2D eigenvalue weighted by Gasteiger charge is 2.60. The topological polar surface area (TPSA) is 380 Å². The molecule has 10 N–H and O–H groups in total. The molecule has 18 unspecified atom stereocenters. The smallest absolute Gasteiger partial charge is 0.463 e. The highest BCUT2D eigenvalue weighted by Crippen LogP contribution is 2.49. The molecule has 2 aliphatic heterocycles. The van der Waals surface area contributed by atoms with Crippen molar-refractivity contribution >= 4 is 31.7 Å². The van der Waals surface area contributed by atoms with Crippen LogP contribution in [0.1, 0.15) is 394 Å². The van der Waals surface area contributed by atoms with Gasteiger partial charge in [0.1, 0.15) is 92.6 Å². The first-order valence-electron chi connectivity index (χ1n) is 46.6. The molecule has 3 fully saturated rings. The summed E-state index contributed by atoms with van der Waals surface area (Å²) in [4.78, 5) is 66.4. The van der Waals surface area contributed by atoms with Gasteiger partial charge in [-0.1, -0.05) is 315 Å². The second kappa shape index (κ2) is 69.4. The minimum absolute atomic E-state index is 0.00561. The highest BCUT2D eigenvalue weighted by molar-refractivity contribution is 7.47. The molecule has 2 saturated heterocycles. The van der Waals surface area contributed by atoms with Crippen molar-refractivity contribution in [3.05, 3.63) is 24.3 Å². The summed E-state index contributed by atoms with van der Waals surface area (Å²) in [5.74, 6) is -2.98. The number of hydrogen-bond acceptors (Lipinski definition) is 24. The fraction of sp³-hybridized carbons (Fsp3) is 0.911. The number of allylic oxidation sites excluding steroid dienone is 4. The van der Waals surface area contributed by atoms with Gasteiger partial charge >= 0.3 is 31.7 Å². The summed E-state index contributed by atoms with van der Waals surface area (Å²) in [7, 11) is -5.81. The maximum absolute atomic E-state index is 14.9. The first-order valence-corrected chi connectivity index (χ1v) is 48.1. The molecule has 1 saturated carbocycles. The number of hydrogen-bond donors (Lipinski definition) is 10. The molecule has 0 aromatic heterocycles. The molecule has 680 valence electrons. The molecule has 0 bridgehead atoms. The average Bonchev–Trinajstić information content (AvgIpc) is 0.754. The third-order valence-corrected chi connectivity index (χ3v) is 23.7. The van der Waals surface area contributed by atoms with Crippen molar-refractivity contribution in [3.8, 4) is 0 Å². The number of carbonyl (C=O) groups excluding carboxylic acids is 4. The lowest BCUT2D eigenvalue weighted by atomic mass is 9.84. The van der Waals surface area contributed by atoms with E-state index in [0.29, 0.717) is 44.9 Å². The lowest BCUT2D eigenvalue weighted by Gasteiger charge is -2.50. The molecular weight excluding hydrogens is 1510 g/mol. The second-order valence-corrected chi connectivity index (χ2v) is 34.6. The number of aliphatic hydroxyl groups excluding tert-OH is 9. The summed E-state index contributed by atoms with van der Waals surface area (Å²) < 4.78 is 73.4. The summed E-state index contributed by atoms with van der Waals surface area (Å²) >= 11 is 0. The van der Waals surface area contributed by atoms with Crippen LogP contribution in [-0.4, -0.2) is 205 Å². The van der Waals surface area contributed by atoms with E-state index >= 15 is 0 Å². The summed E-state index contributed by atoms with van der Waals surface area (Å²) in [6.45, 7) is 5.56. The second-order valence-electron chi connectivity index (χ2n) is 33.2. The Bertz CT molecular complexity index is 2510. The maximum Gasteiger partial charge on any atom is 0.472 e. The van der Waals surface area contributed by atoms with Gasteiger partial charge < -0.3 is 88.7 Å². The fourth-order valence-electron chi connectivity index (χ4n) is 15.2. The van der Waals surface area contributed by atoms with Crippen LogP contribution in [0.4, 0.5) is 0 Å². The van der Waals surface area contributed by atoms with E-state index in [9.17, 15) is 74.6 Å². The van der Waals surface area contributed by atoms with Crippen LogP contribution in [-0.2, 0) is 70.7 Å². The van der Waals surface area contributed by atoms with E-state index in [1.165, 1.54) is 161 Å². The van der Waals surface area contributed by atoms with E-state index in [4.69, 9.17) is 46.9 Å². The van der Waals surface area contributed by atoms with E-state index in [1.54, 1.807) is 0 Å². The lowest BCUT2D eigenvalue weighted by molar-refractivity contribution is -0.360. The van der Waals surface area contributed by atoms with E-state index in [-0.39, 0.29) is 25.7 Å². The van der Waals surface area contributed by atoms with Gasteiger partial charge in [0, 0.05) is 25.7 Å². The zero-order valence-corrected chi connectivity index (χ0v) is 73.2. The van der Waals surface area contributed by atoms with E-state index < -0.39 is 162 Å². The predicted octanol–water partition coefficient (Wildman–Crippen LogP) is 16.9. The number of ether oxygens (including phenoxy) is 8. The Kier molecular flexibility index (Phi) is 64.1. The monoisotopic (exact) mass is 1680 g/mol. The van der Waals surface area contributed by atoms with Gasteiger partial charge in [0.15, 0.2) is 24.8 Å². The first-order chi connectivity index (χ1) is 56.2. The van der Waals surface area contributed by atoms with Gasteiger partial charge in [-0.3, -0.25) is 28.2 Å². The summed E-state index contributed by atoms with van der Waals surface area (Å²) in [5.41, 5.74) is 0. The van der Waals surface area contributed by atoms with Crippen LogP contribution < -0.4 is 0 Å². The van der Waals surface area contributed by atoms with Gasteiger partial charge in [0.05, 0.1) is 13.2 Å². The summed E-state index contributed by atoms with van der Waals surface area (Å²) in [6.07, 6.45) is 28.9. The van der Waals surface area contributed by atoms with Crippen LogP contribution >= 0.6 is 7.82 Å². The van der Waals surface area contributed by atoms with Crippen LogP contribution in [0.2, 0.25) is 0 Å². The minimum atomic E-state index is -5.81. The highest BCUT2D eigenvalue weighted by atomic mass is 31.2. The van der Waals surface area contributed by atoms with Gasteiger partial charge in [0.25, 0.3) is 0 Å². The van der Waals surface area contributed by atoms with Gasteiger partial charge in [-0.05, 0) is 77.0 Å². The van der Waals surface area contributed by atoms with Crippen LogP contribution in [0.25, 0.3) is 0 Å². The number of phosphoric acid groups is 1. The summed E-state index contributed by atoms with van der Waals surface area (Å²) in [5, 5.41) is 102. The molecule has 1 aliphatic carbocycles. The van der Waals surface area contributed by atoms with Crippen molar-refractivity contribution in [3.63, 3.8) is 0 Å². The van der Waals surface area contributed by atoms with E-state index in [0.717, 1.165) is 135 Å². The predicted molar refractivity (Wildman–Crippen MR) is 449 cm³/mol. The Labute approximate surface area is 698 Å². The first kappa shape index (κ1) is 107. The minimum Gasteiger partial charge on any atom is -0.463 e. The number of esters is 4. The number of phosphoric ester groups is 1. The largest absolute Gasteiger partial charge is 0.472 e. The van der Waals surface area contributed by atoms with Gasteiger partial charge in [0.2, 0.25) is 0 Å². The SMILES string of the molecule is CCCCCC/C=C\CCCCCCCCCC(=O)OC(COC(=O)CCCCCCCCCCCCCCCCCC)COP(=O)(O)OC1C(OC2OC(CO)C(O)C(O)C2O)C(O)C(O)C(OC(=O)CCCCCCCCCCCCCCC)C1OC1OC(COC(=O)CCCCC/C=C\CCCCCCCC)C(O)C(O)C1O. The van der Waals surface area contributed by atoms with Crippen molar-refractivity contribution in [1.82, 2.24) is 0 Å². The van der Waals surface area contributed by atoms with Crippen LogP contribution in [0.15, 0.2) is 24.3 Å². The average molecular weight is 1680 g/mol. The molecule has 0 spiro atoms. The molecular formula is C90H165O25P. The Morgan fingerprint density at radius 1 is 0.336 bits per heavy atom. The lowest BCUT2D eigenvalue weighted by Crippen LogP contribution is -2.70. The Hall–Kier alpha value is -3.05. The zero-order chi connectivity index (χ0) is 84.7. The molecule has 116 heavy (non-hydrogen) atoms. The third kappa shape index (κ3) is 49.3. The number of carbonyl (C=O) groups is 4. The third-order valence-electron chi connectivity index (χ3n) is 22.7. The molecule has 25 nitrogen and oxygen atoms in total. The van der Waals surface area contributed by atoms with Crippen LogP contribution in [0, 0.1) is 0 Å². The van der Waals surface area contributed by atoms with Crippen LogP contribution in [0.3, 0.4) is 0 Å². The normalized spacial score (nSPS) is 25.2. The van der Waals surface area contributed by atoms with Crippen molar-refractivity contribution in [1.29, 1.82) is 0 Å². The van der Waals surface area contributed by atoms with E-state index in [2.05, 4.69) is 52.0 Å². The molecule has 0 aromatic carbocycles. The number of aliphatic hydroxyl groups is 9. The quantitative estimate of drug-likeness (QED) is 0.00889. The molecule has 3 aliphatic rings. The Morgan fingerprint density at radius 2 is 0.647 bits per heavy atom. The van der Waals surface area contributed by atoms with Gasteiger partial charge in [-0.15, -0.1) is 0 Å². The molecule has 0 amide bonds. The summed E-state index contributed by atoms with van der Waals surface area (Å²) in [6, 6.07) is 0. The van der Waals surface area contributed by atoms with Crippen molar-refractivity contribution in [2.75, 3.05) is 26.4 Å². The fourth-order valence-corrected chi connectivity index (χ4v) is 16.2. The standard InChI is InChI=1S/C90H165O25P/c1-5-9-13-17-21-25-29-33-35-37-40-43-46-50-54-58-62-73(92)106-67-70(109-75(94)64-60-56-52-48-45-41-36-34-30-26-22-18-14-10-6-2)68-108-116(104,105)115-88-86(113-89-83(102)79(98)77(96)71(66-91)110-89)82(101)81(100)85(112-76(95)65-61-57-53-49-44-39-32-28-24-20-16-12-8-4)87(88)114-90-84(103)80(99)78(97)72(111-90)69-107-74(93)63-59-55-51-47-42-38-31-27-23-19-15-11-7-3/h26,30,38,42,70-72,77-91,96-103H,5-25,27-29,31-37,39-41,43-69H2,1-4H3,(H,104,105)/b30-26-,42-38-. The molecule has 0 aromatic rings. The molecule has 0 radical (unpaired) electrons. The Morgan fingerprint density at radius 3 is 1.04 bits per heavy atom. The van der Waals surface area contributed by atoms with Crippen molar-refractivity contribution in [2.45, 2.75) is 498 Å². The number of rotatable bonds is 75. The van der Waals surface area contributed by atoms with Crippen LogP contribution in [0.5, 0.6) is 0 Å². The zero-order valence-electron chi connectivity index (χ0n) is 72.3. The van der Waals surface area contributed by atoms with E-state index in [1.807, 2.05) is 0 Å². The van der Waals surface area contributed by atoms with Crippen molar-refractivity contribution < 1.29 is 122 Å². The molecule has 18 atom stereocenters. The molecule has 3 rings (SSSR count). The Balaban J connectivity index is 1.92. The van der Waals surface area contributed by atoms with Gasteiger partial charge in [-0.25, -0.2) is 4.57 Å². The van der Waals surface area contributed by atoms with Gasteiger partial charge in [-0.2, -0.15) is 0 Å². The molecule has 2 heterocycles. The molecule has 26 heteroatoms. The van der Waals surface area contributed by atoms with Crippen molar-refractivity contribution in [2.24, 2.45) is 0 Å². The number of unbranched alkanes of at least 4 members (excludes halogenated alkanes) is 47.